The normalized spacial score (nSPS) is 13.2. The molecule has 0 heterocycles. The van der Waals surface area contributed by atoms with Crippen molar-refractivity contribution in [2.45, 2.75) is 284 Å². The summed E-state index contributed by atoms with van der Waals surface area (Å²) in [5, 5.41) is 0. The number of hydrogen-bond acceptors (Lipinski definition) is 6. The van der Waals surface area contributed by atoms with Crippen LogP contribution >= 0.6 is 0 Å². The van der Waals surface area contributed by atoms with Crippen molar-refractivity contribution in [2.75, 3.05) is 13.2 Å². The lowest BCUT2D eigenvalue weighted by atomic mass is 10.0. The molecule has 0 aromatic heterocycles. The van der Waals surface area contributed by atoms with Crippen LogP contribution in [-0.4, -0.2) is 37.2 Å². The summed E-state index contributed by atoms with van der Waals surface area (Å²) in [5.74, 6) is -1.02. The number of ether oxygens (including phenoxy) is 3. The lowest BCUT2D eigenvalue weighted by Gasteiger charge is -2.18. The van der Waals surface area contributed by atoms with Gasteiger partial charge in [-0.3, -0.25) is 14.4 Å². The smallest absolute Gasteiger partial charge is 0.306 e. The Morgan fingerprint density at radius 1 is 0.253 bits per heavy atom. The van der Waals surface area contributed by atoms with Gasteiger partial charge >= 0.3 is 17.9 Å². The summed E-state index contributed by atoms with van der Waals surface area (Å²) in [5.41, 5.74) is 0. The Labute approximate surface area is 511 Å². The Kier molecular flexibility index (Phi) is 64.9. The largest absolute Gasteiger partial charge is 0.462 e. The molecule has 0 aromatic carbocycles. The van der Waals surface area contributed by atoms with Crippen molar-refractivity contribution in [1.82, 2.24) is 0 Å². The lowest BCUT2D eigenvalue weighted by molar-refractivity contribution is -0.166. The van der Waals surface area contributed by atoms with Gasteiger partial charge in [-0.2, -0.15) is 0 Å². The zero-order chi connectivity index (χ0) is 59.9. The number of allylic oxidation sites excluding steroid dienone is 28. The van der Waals surface area contributed by atoms with E-state index >= 15 is 0 Å². The van der Waals surface area contributed by atoms with Crippen molar-refractivity contribution in [1.29, 1.82) is 0 Å². The second-order valence-corrected chi connectivity index (χ2v) is 21.6. The number of unbranched alkanes of at least 4 members (excludes halogenated alkanes) is 20. The van der Waals surface area contributed by atoms with Crippen LogP contribution in [0.5, 0.6) is 0 Å². The SMILES string of the molecule is CC/C=C\C/C=C\C/C=C\C/C=C\C/C=C\C/C=C\C/C=C\CCCCCCCCCCCCCCCC(=O)OCC(COC(=O)CCCCCCC/C=C\CCCC)OC(=O)CC/C=C\C/C=C\C/C=C\C/C=C\C/C=C\C/C=C\CC. The molecule has 6 nitrogen and oxygen atoms in total. The fourth-order valence-corrected chi connectivity index (χ4v) is 8.72. The second-order valence-electron chi connectivity index (χ2n) is 21.6. The maximum absolute atomic E-state index is 12.9. The van der Waals surface area contributed by atoms with E-state index in [4.69, 9.17) is 14.2 Å². The molecule has 0 spiro atoms. The molecule has 0 aliphatic rings. The maximum Gasteiger partial charge on any atom is 0.306 e. The van der Waals surface area contributed by atoms with E-state index in [9.17, 15) is 14.4 Å². The van der Waals surface area contributed by atoms with E-state index in [1.807, 2.05) is 6.08 Å². The van der Waals surface area contributed by atoms with Crippen molar-refractivity contribution < 1.29 is 28.6 Å². The molecule has 0 saturated carbocycles. The summed E-state index contributed by atoms with van der Waals surface area (Å²) in [6.45, 7) is 6.30. The Bertz CT molecular complexity index is 1890. The minimum atomic E-state index is -0.830. The number of rotatable bonds is 59. The third-order valence-electron chi connectivity index (χ3n) is 13.7. The van der Waals surface area contributed by atoms with E-state index in [0.29, 0.717) is 19.3 Å². The van der Waals surface area contributed by atoms with Crippen LogP contribution in [0.1, 0.15) is 278 Å². The first kappa shape index (κ1) is 77.8. The molecule has 0 aliphatic carbocycles. The van der Waals surface area contributed by atoms with Crippen molar-refractivity contribution >= 4 is 17.9 Å². The Hall–Kier alpha value is -5.23. The topological polar surface area (TPSA) is 78.9 Å². The number of carbonyl (C=O) groups is 3. The number of hydrogen-bond donors (Lipinski definition) is 0. The molecule has 0 fully saturated rings. The Morgan fingerprint density at radius 2 is 0.494 bits per heavy atom. The van der Waals surface area contributed by atoms with Crippen molar-refractivity contribution in [3.63, 3.8) is 0 Å². The molecule has 0 bridgehead atoms. The van der Waals surface area contributed by atoms with Crippen LogP contribution in [0.4, 0.5) is 0 Å². The van der Waals surface area contributed by atoms with E-state index in [0.717, 1.165) is 135 Å². The van der Waals surface area contributed by atoms with Gasteiger partial charge in [-0.1, -0.05) is 294 Å². The highest BCUT2D eigenvalue weighted by molar-refractivity contribution is 5.71. The zero-order valence-corrected chi connectivity index (χ0v) is 53.4. The highest BCUT2D eigenvalue weighted by atomic mass is 16.6. The van der Waals surface area contributed by atoms with Crippen molar-refractivity contribution in [2.24, 2.45) is 0 Å². The van der Waals surface area contributed by atoms with Crippen LogP contribution in [0, 0.1) is 0 Å². The summed E-state index contributed by atoms with van der Waals surface area (Å²) < 4.78 is 16.8. The van der Waals surface area contributed by atoms with Crippen LogP contribution in [0.25, 0.3) is 0 Å². The van der Waals surface area contributed by atoms with Gasteiger partial charge in [0.25, 0.3) is 0 Å². The van der Waals surface area contributed by atoms with E-state index in [1.54, 1.807) is 0 Å². The van der Waals surface area contributed by atoms with Gasteiger partial charge in [-0.25, -0.2) is 0 Å². The average Bonchev–Trinajstić information content (AvgIpc) is 3.48. The van der Waals surface area contributed by atoms with Gasteiger partial charge in [0, 0.05) is 19.3 Å². The molecular weight excluding hydrogens is 1020 g/mol. The van der Waals surface area contributed by atoms with Gasteiger partial charge in [0.15, 0.2) is 6.10 Å². The molecule has 0 radical (unpaired) electrons. The van der Waals surface area contributed by atoms with Crippen molar-refractivity contribution in [3.8, 4) is 0 Å². The van der Waals surface area contributed by atoms with Crippen LogP contribution in [0.3, 0.4) is 0 Å². The first-order valence-corrected chi connectivity index (χ1v) is 33.6. The Balaban J connectivity index is 4.27. The van der Waals surface area contributed by atoms with Gasteiger partial charge in [-0.05, 0) is 135 Å². The van der Waals surface area contributed by atoms with Gasteiger partial charge in [0.05, 0.1) is 0 Å². The molecule has 466 valence electrons. The lowest BCUT2D eigenvalue weighted by Crippen LogP contribution is -2.30. The summed E-state index contributed by atoms with van der Waals surface area (Å²) in [6, 6.07) is 0. The average molecular weight is 1140 g/mol. The molecule has 0 N–H and O–H groups in total. The van der Waals surface area contributed by atoms with Crippen LogP contribution in [-0.2, 0) is 28.6 Å². The first-order chi connectivity index (χ1) is 41.0. The third-order valence-corrected chi connectivity index (χ3v) is 13.7. The molecule has 0 amide bonds. The van der Waals surface area contributed by atoms with E-state index < -0.39 is 12.1 Å². The summed E-state index contributed by atoms with van der Waals surface area (Å²) in [7, 11) is 0. The van der Waals surface area contributed by atoms with Gasteiger partial charge < -0.3 is 14.2 Å². The van der Waals surface area contributed by atoms with E-state index in [-0.39, 0.29) is 31.6 Å². The molecule has 83 heavy (non-hydrogen) atoms. The molecule has 0 saturated heterocycles. The fourth-order valence-electron chi connectivity index (χ4n) is 8.72. The highest BCUT2D eigenvalue weighted by Gasteiger charge is 2.19. The third kappa shape index (κ3) is 67.4. The molecule has 1 atom stereocenters. The van der Waals surface area contributed by atoms with E-state index in [1.165, 1.54) is 96.3 Å². The number of carbonyl (C=O) groups excluding carboxylic acids is 3. The second kappa shape index (κ2) is 69.3. The van der Waals surface area contributed by atoms with Crippen molar-refractivity contribution in [3.05, 3.63) is 170 Å². The summed E-state index contributed by atoms with van der Waals surface area (Å²) in [6.07, 6.45) is 103. The molecule has 0 rings (SSSR count). The molecule has 0 aromatic rings. The van der Waals surface area contributed by atoms with Crippen LogP contribution < -0.4 is 0 Å². The predicted molar refractivity (Wildman–Crippen MR) is 361 cm³/mol. The van der Waals surface area contributed by atoms with Gasteiger partial charge in [0.1, 0.15) is 13.2 Å². The summed E-state index contributed by atoms with van der Waals surface area (Å²) >= 11 is 0. The van der Waals surface area contributed by atoms with Gasteiger partial charge in [0.2, 0.25) is 0 Å². The highest BCUT2D eigenvalue weighted by Crippen LogP contribution is 2.15. The monoisotopic (exact) mass is 1140 g/mol. The molecule has 1 unspecified atom stereocenters. The molecule has 0 aliphatic heterocycles. The minimum absolute atomic E-state index is 0.117. The first-order valence-electron chi connectivity index (χ1n) is 33.6. The number of esters is 3. The molecular formula is C77H122O6. The Morgan fingerprint density at radius 3 is 0.795 bits per heavy atom. The maximum atomic E-state index is 12.9. The van der Waals surface area contributed by atoms with Crippen LogP contribution in [0.15, 0.2) is 170 Å². The quantitative estimate of drug-likeness (QED) is 0.0261. The zero-order valence-electron chi connectivity index (χ0n) is 53.4. The fraction of sp³-hybridized carbons (Fsp3) is 0.597. The molecule has 6 heteroatoms. The predicted octanol–water partition coefficient (Wildman–Crippen LogP) is 23.4. The van der Waals surface area contributed by atoms with E-state index in [2.05, 4.69) is 185 Å². The standard InChI is InChI=1S/C77H122O6/c1-4-7-10-13-16-19-22-24-26-28-30-31-32-33-34-35-36-37-38-39-40-41-42-43-44-45-47-48-50-52-55-58-61-64-67-70-76(79)82-73-74(72-81-75(78)69-66-63-60-57-54-21-18-15-12-9-6-3)83-77(80)71-68-65-62-59-56-53-51-49-46-29-27-25-23-20-17-14-11-8-5-2/h7-8,10-11,15-20,24-27,30-31,33-34,36-37,39-40,46,49,53,56,62,65,74H,4-6,9,12-14,21-23,28-29,32,35,38,41-45,47-48,50-52,54-55,57-61,63-64,66-73H2,1-3H3/b10-7-,11-8-,18-15-,19-16-,20-17-,26-24-,27-25-,31-30-,34-33-,37-36-,40-39-,49-46-,56-53-,65-62-. The van der Waals surface area contributed by atoms with Gasteiger partial charge in [-0.15, -0.1) is 0 Å². The minimum Gasteiger partial charge on any atom is -0.462 e. The van der Waals surface area contributed by atoms with Crippen LogP contribution in [0.2, 0.25) is 0 Å². The summed E-state index contributed by atoms with van der Waals surface area (Å²) in [4.78, 5) is 38.2.